The average molecular weight is 226 g/mol. The molecule has 1 aliphatic heterocycles. The van der Waals surface area contributed by atoms with Crippen molar-refractivity contribution in [1.29, 1.82) is 0 Å². The first-order chi connectivity index (χ1) is 7.63. The second-order valence-corrected chi connectivity index (χ2v) is 3.31. The standard InChI is InChI=1S/C9H10N2O5/c10-6(3-12)5-1-8-9(16-4-15-8)2-7(5)11(13)14/h1-2,6,12H,3-4,10H2/t6-/m1/s1. The zero-order valence-electron chi connectivity index (χ0n) is 8.25. The van der Waals surface area contributed by atoms with Gasteiger partial charge in [-0.15, -0.1) is 0 Å². The second-order valence-electron chi connectivity index (χ2n) is 3.31. The normalized spacial score (nSPS) is 14.9. The van der Waals surface area contributed by atoms with E-state index in [1.54, 1.807) is 0 Å². The smallest absolute Gasteiger partial charge is 0.278 e. The van der Waals surface area contributed by atoms with Crippen molar-refractivity contribution in [2.45, 2.75) is 6.04 Å². The SMILES string of the molecule is N[C@H](CO)c1cc2c(cc1[N+](=O)[O-])OCO2. The molecule has 7 nitrogen and oxygen atoms in total. The Bertz CT molecular complexity index is 434. The molecule has 0 radical (unpaired) electrons. The monoisotopic (exact) mass is 226 g/mol. The first-order valence-electron chi connectivity index (χ1n) is 4.58. The maximum absolute atomic E-state index is 10.8. The number of benzene rings is 1. The van der Waals surface area contributed by atoms with Crippen molar-refractivity contribution < 1.29 is 19.5 Å². The molecule has 0 fully saturated rings. The number of nitro groups is 1. The van der Waals surface area contributed by atoms with E-state index in [0.717, 1.165) is 0 Å². The number of ether oxygens (including phenoxy) is 2. The fourth-order valence-corrected chi connectivity index (χ4v) is 1.50. The molecular formula is C9H10N2O5. The molecule has 1 aromatic carbocycles. The van der Waals surface area contributed by atoms with Gasteiger partial charge in [0.2, 0.25) is 6.79 Å². The third-order valence-electron chi connectivity index (χ3n) is 2.31. The van der Waals surface area contributed by atoms with E-state index in [0.29, 0.717) is 11.5 Å². The van der Waals surface area contributed by atoms with E-state index < -0.39 is 11.0 Å². The summed E-state index contributed by atoms with van der Waals surface area (Å²) in [4.78, 5) is 10.3. The Kier molecular flexibility index (Phi) is 2.63. The number of rotatable bonds is 3. The van der Waals surface area contributed by atoms with E-state index in [1.807, 2.05) is 0 Å². The van der Waals surface area contributed by atoms with Crippen LogP contribution in [0.1, 0.15) is 11.6 Å². The van der Waals surface area contributed by atoms with Gasteiger partial charge in [0.1, 0.15) is 0 Å². The van der Waals surface area contributed by atoms with Crippen molar-refractivity contribution in [1.82, 2.24) is 0 Å². The minimum atomic E-state index is -0.810. The lowest BCUT2D eigenvalue weighted by Crippen LogP contribution is -2.16. The average Bonchev–Trinajstić information content (AvgIpc) is 2.73. The minimum absolute atomic E-state index is 0.0320. The van der Waals surface area contributed by atoms with Crippen LogP contribution in [0.3, 0.4) is 0 Å². The summed E-state index contributed by atoms with van der Waals surface area (Å²) >= 11 is 0. The van der Waals surface area contributed by atoms with Crippen molar-refractivity contribution in [2.75, 3.05) is 13.4 Å². The van der Waals surface area contributed by atoms with Gasteiger partial charge in [-0.3, -0.25) is 10.1 Å². The summed E-state index contributed by atoms with van der Waals surface area (Å²) in [5.41, 5.74) is 5.63. The maximum atomic E-state index is 10.8. The Morgan fingerprint density at radius 3 is 2.69 bits per heavy atom. The van der Waals surface area contributed by atoms with Gasteiger partial charge in [-0.25, -0.2) is 0 Å². The molecule has 0 saturated heterocycles. The molecule has 7 heteroatoms. The van der Waals surface area contributed by atoms with Crippen LogP contribution in [0.4, 0.5) is 5.69 Å². The Balaban J connectivity index is 2.53. The summed E-state index contributed by atoms with van der Waals surface area (Å²) in [6, 6.07) is 1.88. The molecule has 0 saturated carbocycles. The molecule has 1 heterocycles. The highest BCUT2D eigenvalue weighted by Gasteiger charge is 2.26. The minimum Gasteiger partial charge on any atom is -0.454 e. The molecule has 0 unspecified atom stereocenters. The van der Waals surface area contributed by atoms with Crippen LogP contribution in [0, 0.1) is 10.1 Å². The van der Waals surface area contributed by atoms with Gasteiger partial charge in [0.15, 0.2) is 11.5 Å². The van der Waals surface area contributed by atoms with Crippen LogP contribution in [0.25, 0.3) is 0 Å². The molecule has 1 atom stereocenters. The number of hydrogen-bond acceptors (Lipinski definition) is 6. The van der Waals surface area contributed by atoms with Crippen LogP contribution < -0.4 is 15.2 Å². The van der Waals surface area contributed by atoms with E-state index in [-0.39, 0.29) is 24.7 Å². The first-order valence-corrected chi connectivity index (χ1v) is 4.58. The summed E-state index contributed by atoms with van der Waals surface area (Å²) < 4.78 is 10.1. The molecule has 16 heavy (non-hydrogen) atoms. The van der Waals surface area contributed by atoms with Gasteiger partial charge in [-0.1, -0.05) is 0 Å². The number of aliphatic hydroxyl groups excluding tert-OH is 1. The van der Waals surface area contributed by atoms with Gasteiger partial charge in [-0.2, -0.15) is 0 Å². The van der Waals surface area contributed by atoms with Gasteiger partial charge in [0.05, 0.1) is 29.2 Å². The number of nitrogens with zero attached hydrogens (tertiary/aromatic N) is 1. The highest BCUT2D eigenvalue weighted by Crippen LogP contribution is 2.39. The maximum Gasteiger partial charge on any atom is 0.278 e. The highest BCUT2D eigenvalue weighted by molar-refractivity contribution is 5.56. The fourth-order valence-electron chi connectivity index (χ4n) is 1.50. The van der Waals surface area contributed by atoms with Gasteiger partial charge < -0.3 is 20.3 Å². The van der Waals surface area contributed by atoms with Gasteiger partial charge in [0.25, 0.3) is 5.69 Å². The van der Waals surface area contributed by atoms with Crippen LogP contribution in [0.2, 0.25) is 0 Å². The summed E-state index contributed by atoms with van der Waals surface area (Å²) in [5.74, 6) is 0.727. The van der Waals surface area contributed by atoms with Crippen LogP contribution in [-0.2, 0) is 0 Å². The quantitative estimate of drug-likeness (QED) is 0.567. The molecule has 2 rings (SSSR count). The summed E-state index contributed by atoms with van der Waals surface area (Å²) in [6.07, 6.45) is 0. The highest BCUT2D eigenvalue weighted by atomic mass is 16.7. The van der Waals surface area contributed by atoms with Gasteiger partial charge in [-0.05, 0) is 6.07 Å². The van der Waals surface area contributed by atoms with Crippen molar-refractivity contribution >= 4 is 5.69 Å². The molecular weight excluding hydrogens is 216 g/mol. The molecule has 0 spiro atoms. The van der Waals surface area contributed by atoms with Crippen LogP contribution in [-0.4, -0.2) is 23.4 Å². The number of nitrogens with two attached hydrogens (primary N) is 1. The van der Waals surface area contributed by atoms with E-state index in [2.05, 4.69) is 0 Å². The Labute approximate surface area is 90.5 Å². The molecule has 1 aliphatic rings. The molecule has 86 valence electrons. The largest absolute Gasteiger partial charge is 0.454 e. The van der Waals surface area contributed by atoms with Gasteiger partial charge >= 0.3 is 0 Å². The van der Waals surface area contributed by atoms with Crippen molar-refractivity contribution in [3.63, 3.8) is 0 Å². The summed E-state index contributed by atoms with van der Waals surface area (Å²) in [5, 5.41) is 19.7. The predicted molar refractivity (Wildman–Crippen MR) is 53.2 cm³/mol. The van der Waals surface area contributed by atoms with E-state index in [4.69, 9.17) is 20.3 Å². The number of fused-ring (bicyclic) bond motifs is 1. The Morgan fingerprint density at radius 1 is 1.50 bits per heavy atom. The lowest BCUT2D eigenvalue weighted by Gasteiger charge is -2.09. The summed E-state index contributed by atoms with van der Waals surface area (Å²) in [6.45, 7) is -0.342. The molecule has 0 amide bonds. The molecule has 0 aliphatic carbocycles. The van der Waals surface area contributed by atoms with Crippen LogP contribution >= 0.6 is 0 Å². The first kappa shape index (κ1) is 10.7. The van der Waals surface area contributed by atoms with Crippen LogP contribution in [0.15, 0.2) is 12.1 Å². The lowest BCUT2D eigenvalue weighted by atomic mass is 10.1. The Hall–Kier alpha value is -1.86. The van der Waals surface area contributed by atoms with Gasteiger partial charge in [0, 0.05) is 0 Å². The third-order valence-corrected chi connectivity index (χ3v) is 2.31. The molecule has 1 aromatic rings. The second kappa shape index (κ2) is 3.95. The fraction of sp³-hybridized carbons (Fsp3) is 0.333. The summed E-state index contributed by atoms with van der Waals surface area (Å²) in [7, 11) is 0. The van der Waals surface area contributed by atoms with E-state index >= 15 is 0 Å². The zero-order valence-corrected chi connectivity index (χ0v) is 8.25. The van der Waals surface area contributed by atoms with Crippen LogP contribution in [0.5, 0.6) is 11.5 Å². The number of aliphatic hydroxyl groups is 1. The third kappa shape index (κ3) is 1.66. The van der Waals surface area contributed by atoms with Crippen molar-refractivity contribution in [3.8, 4) is 11.5 Å². The lowest BCUT2D eigenvalue weighted by molar-refractivity contribution is -0.385. The van der Waals surface area contributed by atoms with Crippen molar-refractivity contribution in [3.05, 3.63) is 27.8 Å². The predicted octanol–water partition coefficient (Wildman–Crippen LogP) is 0.316. The molecule has 3 N–H and O–H groups in total. The zero-order chi connectivity index (χ0) is 11.7. The molecule has 0 bridgehead atoms. The van der Waals surface area contributed by atoms with E-state index in [9.17, 15) is 10.1 Å². The van der Waals surface area contributed by atoms with E-state index in [1.165, 1.54) is 12.1 Å². The Morgan fingerprint density at radius 2 is 2.12 bits per heavy atom. The topological polar surface area (TPSA) is 108 Å². The molecule has 0 aromatic heterocycles. The van der Waals surface area contributed by atoms with Crippen molar-refractivity contribution in [2.24, 2.45) is 5.73 Å². The number of hydrogen-bond donors (Lipinski definition) is 2. The number of nitro benzene ring substituents is 1.